The van der Waals surface area contributed by atoms with E-state index in [4.69, 9.17) is 5.11 Å². The van der Waals surface area contributed by atoms with Gasteiger partial charge in [-0.2, -0.15) is 0 Å². The van der Waals surface area contributed by atoms with E-state index in [0.717, 1.165) is 5.56 Å². The van der Waals surface area contributed by atoms with Crippen molar-refractivity contribution >= 4 is 24.1 Å². The fourth-order valence-electron chi connectivity index (χ4n) is 1.27. The number of amidine groups is 1. The molecule has 5 nitrogen and oxygen atoms in total. The summed E-state index contributed by atoms with van der Waals surface area (Å²) in [7, 11) is 0. The SMILES string of the molecule is O=CC1=N/C(=C/c2ccc(O)cc2)C(=O)N1. The van der Waals surface area contributed by atoms with Crippen molar-refractivity contribution in [2.45, 2.75) is 0 Å². The van der Waals surface area contributed by atoms with Crippen molar-refractivity contribution in [2.24, 2.45) is 4.99 Å². The van der Waals surface area contributed by atoms with Crippen LogP contribution in [-0.4, -0.2) is 23.1 Å². The molecule has 0 saturated carbocycles. The molecule has 16 heavy (non-hydrogen) atoms. The summed E-state index contributed by atoms with van der Waals surface area (Å²) in [5.41, 5.74) is 0.895. The second kappa shape index (κ2) is 3.98. The summed E-state index contributed by atoms with van der Waals surface area (Å²) in [6, 6.07) is 6.29. The summed E-state index contributed by atoms with van der Waals surface area (Å²) in [6.45, 7) is 0. The number of phenolic OH excluding ortho intramolecular Hbond substituents is 1. The van der Waals surface area contributed by atoms with E-state index in [2.05, 4.69) is 10.3 Å². The predicted octanol–water partition coefficient (Wildman–Crippen LogP) is 0.460. The van der Waals surface area contributed by atoms with E-state index in [0.29, 0.717) is 6.29 Å². The molecule has 1 heterocycles. The number of hydrogen-bond acceptors (Lipinski definition) is 4. The van der Waals surface area contributed by atoms with Gasteiger partial charge in [0.1, 0.15) is 11.4 Å². The van der Waals surface area contributed by atoms with Gasteiger partial charge in [-0.05, 0) is 23.8 Å². The van der Waals surface area contributed by atoms with E-state index in [-0.39, 0.29) is 17.3 Å². The molecule has 0 saturated heterocycles. The summed E-state index contributed by atoms with van der Waals surface area (Å²) in [5.74, 6) is -0.250. The number of carbonyl (C=O) groups is 2. The molecule has 0 bridgehead atoms. The summed E-state index contributed by atoms with van der Waals surface area (Å²) in [4.78, 5) is 25.5. The topological polar surface area (TPSA) is 78.8 Å². The molecule has 2 rings (SSSR count). The molecule has 0 aromatic heterocycles. The fraction of sp³-hybridized carbons (Fsp3) is 0. The number of nitrogens with one attached hydrogen (secondary N) is 1. The average Bonchev–Trinajstić information content (AvgIpc) is 2.63. The molecule has 80 valence electrons. The molecule has 0 radical (unpaired) electrons. The summed E-state index contributed by atoms with van der Waals surface area (Å²) >= 11 is 0. The van der Waals surface area contributed by atoms with Gasteiger partial charge in [-0.25, -0.2) is 4.99 Å². The van der Waals surface area contributed by atoms with Gasteiger partial charge in [0, 0.05) is 0 Å². The highest BCUT2D eigenvalue weighted by atomic mass is 16.3. The highest BCUT2D eigenvalue weighted by Crippen LogP contribution is 2.14. The standard InChI is InChI=1S/C11H8N2O3/c14-6-10-12-9(11(16)13-10)5-7-1-3-8(15)4-2-7/h1-6,15H,(H,12,13,16)/b9-5+. The first-order chi connectivity index (χ1) is 7.69. The first-order valence-corrected chi connectivity index (χ1v) is 4.55. The molecule has 1 aromatic carbocycles. The Morgan fingerprint density at radius 2 is 1.94 bits per heavy atom. The van der Waals surface area contributed by atoms with Gasteiger partial charge in [0.05, 0.1) is 0 Å². The van der Waals surface area contributed by atoms with Crippen molar-refractivity contribution in [3.63, 3.8) is 0 Å². The Morgan fingerprint density at radius 3 is 2.50 bits per heavy atom. The number of hydrogen-bond donors (Lipinski definition) is 2. The van der Waals surface area contributed by atoms with Gasteiger partial charge in [-0.15, -0.1) is 0 Å². The highest BCUT2D eigenvalue weighted by Gasteiger charge is 2.18. The van der Waals surface area contributed by atoms with Crippen LogP contribution in [-0.2, 0) is 9.59 Å². The van der Waals surface area contributed by atoms with Crippen LogP contribution in [0.3, 0.4) is 0 Å². The van der Waals surface area contributed by atoms with Gasteiger partial charge in [0.25, 0.3) is 5.91 Å². The molecule has 0 fully saturated rings. The van der Waals surface area contributed by atoms with Crippen molar-refractivity contribution in [1.82, 2.24) is 5.32 Å². The molecule has 1 aromatic rings. The van der Waals surface area contributed by atoms with E-state index in [1.807, 2.05) is 0 Å². The van der Waals surface area contributed by atoms with Gasteiger partial charge in [0.2, 0.25) is 0 Å². The molecule has 1 amide bonds. The third kappa shape index (κ3) is 1.98. The molecule has 0 unspecified atom stereocenters. The van der Waals surface area contributed by atoms with Crippen LogP contribution in [0.5, 0.6) is 5.75 Å². The van der Waals surface area contributed by atoms with Crippen molar-refractivity contribution in [2.75, 3.05) is 0 Å². The van der Waals surface area contributed by atoms with Crippen LogP contribution < -0.4 is 5.32 Å². The van der Waals surface area contributed by atoms with Crippen molar-refractivity contribution < 1.29 is 14.7 Å². The molecule has 1 aliphatic rings. The third-order valence-corrected chi connectivity index (χ3v) is 2.02. The van der Waals surface area contributed by atoms with Gasteiger partial charge < -0.3 is 10.4 Å². The van der Waals surface area contributed by atoms with E-state index in [9.17, 15) is 9.59 Å². The number of aldehydes is 1. The molecule has 5 heteroatoms. The van der Waals surface area contributed by atoms with Gasteiger partial charge in [0.15, 0.2) is 12.1 Å². The molecule has 1 aliphatic heterocycles. The quantitative estimate of drug-likeness (QED) is 0.556. The van der Waals surface area contributed by atoms with Crippen LogP contribution in [0.4, 0.5) is 0 Å². The largest absolute Gasteiger partial charge is 0.508 e. The number of phenols is 1. The lowest BCUT2D eigenvalue weighted by Gasteiger charge is -1.95. The lowest BCUT2D eigenvalue weighted by Crippen LogP contribution is -2.24. The van der Waals surface area contributed by atoms with Crippen LogP contribution in [0.25, 0.3) is 6.08 Å². The zero-order valence-electron chi connectivity index (χ0n) is 8.18. The number of rotatable bonds is 2. The van der Waals surface area contributed by atoms with E-state index in [1.165, 1.54) is 18.2 Å². The molecule has 0 atom stereocenters. The molecule has 0 aliphatic carbocycles. The minimum Gasteiger partial charge on any atom is -0.508 e. The summed E-state index contributed by atoms with van der Waals surface area (Å²) < 4.78 is 0. The molecular weight excluding hydrogens is 208 g/mol. The smallest absolute Gasteiger partial charge is 0.275 e. The number of aromatic hydroxyl groups is 1. The lowest BCUT2D eigenvalue weighted by atomic mass is 10.2. The maximum atomic E-state index is 11.3. The first-order valence-electron chi connectivity index (χ1n) is 4.55. The summed E-state index contributed by atoms with van der Waals surface area (Å²) in [5, 5.41) is 11.4. The van der Waals surface area contributed by atoms with Gasteiger partial charge >= 0.3 is 0 Å². The second-order valence-electron chi connectivity index (χ2n) is 3.19. The maximum Gasteiger partial charge on any atom is 0.275 e. The second-order valence-corrected chi connectivity index (χ2v) is 3.19. The number of carbonyl (C=O) groups excluding carboxylic acids is 2. The Balaban J connectivity index is 2.31. The first kappa shape index (κ1) is 10.1. The Kier molecular flexibility index (Phi) is 2.51. The number of aliphatic imine (C=N–C) groups is 1. The fourth-order valence-corrected chi connectivity index (χ4v) is 1.27. The van der Waals surface area contributed by atoms with Crippen LogP contribution >= 0.6 is 0 Å². The van der Waals surface area contributed by atoms with Crippen molar-refractivity contribution in [1.29, 1.82) is 0 Å². The highest BCUT2D eigenvalue weighted by molar-refractivity contribution is 6.35. The van der Waals surface area contributed by atoms with Crippen LogP contribution in [0, 0.1) is 0 Å². The van der Waals surface area contributed by atoms with Crippen LogP contribution in [0.2, 0.25) is 0 Å². The Hall–Kier alpha value is -2.43. The minimum atomic E-state index is -0.407. The van der Waals surface area contributed by atoms with Crippen molar-refractivity contribution in [3.8, 4) is 5.75 Å². The van der Waals surface area contributed by atoms with Crippen LogP contribution in [0.1, 0.15) is 5.56 Å². The minimum absolute atomic E-state index is 0.00929. The molecule has 0 spiro atoms. The third-order valence-electron chi connectivity index (χ3n) is 2.02. The zero-order chi connectivity index (χ0) is 11.5. The summed E-state index contributed by atoms with van der Waals surface area (Å²) in [6.07, 6.45) is 2.01. The predicted molar refractivity (Wildman–Crippen MR) is 57.7 cm³/mol. The van der Waals surface area contributed by atoms with Gasteiger partial charge in [-0.3, -0.25) is 9.59 Å². The molecule has 2 N–H and O–H groups in total. The number of amides is 1. The zero-order valence-corrected chi connectivity index (χ0v) is 8.18. The Bertz CT molecular complexity index is 500. The van der Waals surface area contributed by atoms with E-state index < -0.39 is 5.91 Å². The van der Waals surface area contributed by atoms with Crippen LogP contribution in [0.15, 0.2) is 35.0 Å². The van der Waals surface area contributed by atoms with E-state index >= 15 is 0 Å². The maximum absolute atomic E-state index is 11.3. The average molecular weight is 216 g/mol. The number of nitrogens with zero attached hydrogens (tertiary/aromatic N) is 1. The Morgan fingerprint density at radius 1 is 1.25 bits per heavy atom. The monoisotopic (exact) mass is 216 g/mol. The lowest BCUT2D eigenvalue weighted by molar-refractivity contribution is -0.116. The molecular formula is C11H8N2O3. The van der Waals surface area contributed by atoms with Crippen molar-refractivity contribution in [3.05, 3.63) is 35.5 Å². The van der Waals surface area contributed by atoms with Gasteiger partial charge in [-0.1, -0.05) is 12.1 Å². The number of benzene rings is 1. The Labute approximate surface area is 91.1 Å². The normalized spacial score (nSPS) is 17.1. The van der Waals surface area contributed by atoms with E-state index in [1.54, 1.807) is 12.1 Å².